The van der Waals surface area contributed by atoms with Crippen LogP contribution in [0.25, 0.3) is 22.0 Å². The Labute approximate surface area is 219 Å². The van der Waals surface area contributed by atoms with E-state index in [1.807, 2.05) is 4.72 Å². The summed E-state index contributed by atoms with van der Waals surface area (Å²) < 4.78 is 78.3. The Hall–Kier alpha value is -4.68. The van der Waals surface area contributed by atoms with E-state index < -0.39 is 61.0 Å². The number of aromatic nitrogens is 3. The molecule has 0 fully saturated rings. The Kier molecular flexibility index (Phi) is 7.70. The van der Waals surface area contributed by atoms with Crippen molar-refractivity contribution in [3.05, 3.63) is 65.2 Å². The van der Waals surface area contributed by atoms with E-state index >= 15 is 8.78 Å². The highest BCUT2D eigenvalue weighted by molar-refractivity contribution is 7.92. The Morgan fingerprint density at radius 2 is 1.95 bits per heavy atom. The zero-order chi connectivity index (χ0) is 28.3. The second-order valence-electron chi connectivity index (χ2n) is 8.02. The van der Waals surface area contributed by atoms with Gasteiger partial charge < -0.3 is 15.2 Å². The quantitative estimate of drug-likeness (QED) is 0.227. The van der Waals surface area contributed by atoms with Crippen LogP contribution in [0.4, 0.5) is 18.9 Å². The van der Waals surface area contributed by atoms with Crippen molar-refractivity contribution < 1.29 is 36.2 Å². The van der Waals surface area contributed by atoms with Gasteiger partial charge in [-0.2, -0.15) is 10.4 Å². The van der Waals surface area contributed by atoms with Crippen LogP contribution in [0.5, 0.6) is 5.88 Å². The number of carbonyl (C=O) groups excluding carboxylic acids is 1. The summed E-state index contributed by atoms with van der Waals surface area (Å²) in [6, 6.07) is 6.26. The van der Waals surface area contributed by atoms with Gasteiger partial charge in [-0.15, -0.1) is 0 Å². The number of halogens is 3. The fourth-order valence-electron chi connectivity index (χ4n) is 3.70. The lowest BCUT2D eigenvalue weighted by Gasteiger charge is -2.14. The van der Waals surface area contributed by atoms with Gasteiger partial charge >= 0.3 is 0 Å². The molecule has 39 heavy (non-hydrogen) atoms. The van der Waals surface area contributed by atoms with Crippen molar-refractivity contribution in [3.63, 3.8) is 0 Å². The molecule has 11 nitrogen and oxygen atoms in total. The number of pyridine rings is 1. The van der Waals surface area contributed by atoms with Gasteiger partial charge in [-0.1, -0.05) is 6.07 Å². The van der Waals surface area contributed by atoms with Crippen molar-refractivity contribution in [2.45, 2.75) is 11.3 Å². The van der Waals surface area contributed by atoms with Crippen LogP contribution in [0, 0.1) is 28.8 Å². The molecule has 0 saturated heterocycles. The number of ether oxygens (including phenoxy) is 1. The summed E-state index contributed by atoms with van der Waals surface area (Å²) in [5.41, 5.74) is -2.46. The largest absolute Gasteiger partial charge is 0.480 e. The Balaban J connectivity index is 1.75. The molecule has 1 amide bonds. The molecule has 2 aromatic heterocycles. The van der Waals surface area contributed by atoms with Crippen LogP contribution in [0.2, 0.25) is 0 Å². The van der Waals surface area contributed by atoms with Gasteiger partial charge in [-0.25, -0.2) is 26.6 Å². The minimum absolute atomic E-state index is 0.0625. The highest BCUT2D eigenvalue weighted by atomic mass is 32.2. The summed E-state index contributed by atoms with van der Waals surface area (Å²) in [7, 11) is -3.52. The molecule has 0 bridgehead atoms. The molecule has 2 heterocycles. The summed E-state index contributed by atoms with van der Waals surface area (Å²) in [5, 5.41) is 26.7. The summed E-state index contributed by atoms with van der Waals surface area (Å²) in [5.74, 6) is -4.50. The summed E-state index contributed by atoms with van der Waals surface area (Å²) >= 11 is 0. The number of nitriles is 1. The molecule has 202 valence electrons. The van der Waals surface area contributed by atoms with Crippen molar-refractivity contribution in [2.24, 2.45) is 0 Å². The smallest absolute Gasteiger partial charge is 0.272 e. The van der Waals surface area contributed by atoms with E-state index in [-0.39, 0.29) is 35.3 Å². The number of fused-ring (bicyclic) bond motifs is 1. The van der Waals surface area contributed by atoms with Gasteiger partial charge in [0.15, 0.2) is 22.2 Å². The molecule has 4 N–H and O–H groups in total. The standard InChI is InChI=1S/C24H19F3N6O5S/c1-38-24-18(7-12(10-28)11-30-24)39(36,37)33-17-9-13(25)8-16(19(17)26)14-3-4-15-21(20(14)27)31-32-22(15)23(35)29-5-2-6-34/h3-4,7-9,11,33-34H,2,5-6H2,1H3,(H,29,35)(H,31,32). The monoisotopic (exact) mass is 560 g/mol. The lowest BCUT2D eigenvalue weighted by molar-refractivity contribution is 0.0947. The van der Waals surface area contributed by atoms with Crippen LogP contribution in [-0.4, -0.2) is 54.9 Å². The Bertz CT molecular complexity index is 1740. The number of sulfonamides is 1. The molecule has 0 spiro atoms. The number of carbonyl (C=O) groups is 1. The van der Waals surface area contributed by atoms with Crippen LogP contribution in [-0.2, 0) is 10.0 Å². The van der Waals surface area contributed by atoms with E-state index in [1.54, 1.807) is 6.07 Å². The van der Waals surface area contributed by atoms with Crippen LogP contribution in [0.1, 0.15) is 22.5 Å². The maximum Gasteiger partial charge on any atom is 0.272 e. The summed E-state index contributed by atoms with van der Waals surface area (Å²) in [6.45, 7) is 0.00773. The Morgan fingerprint density at radius 1 is 1.18 bits per heavy atom. The van der Waals surface area contributed by atoms with Crippen molar-refractivity contribution >= 4 is 32.5 Å². The predicted octanol–water partition coefficient (Wildman–Crippen LogP) is 2.84. The Morgan fingerprint density at radius 3 is 2.64 bits per heavy atom. The number of H-pyrrole nitrogens is 1. The van der Waals surface area contributed by atoms with Gasteiger partial charge in [0.05, 0.1) is 18.4 Å². The number of aromatic amines is 1. The first-order valence-electron chi connectivity index (χ1n) is 11.1. The molecule has 0 saturated carbocycles. The molecule has 0 unspecified atom stereocenters. The first-order chi connectivity index (χ1) is 18.6. The SMILES string of the molecule is COc1ncc(C#N)cc1S(=O)(=O)Nc1cc(F)cc(-c2ccc3c(C(=O)NCCCO)n[nH]c3c2F)c1F. The summed E-state index contributed by atoms with van der Waals surface area (Å²) in [6.07, 6.45) is 1.36. The number of rotatable bonds is 9. The molecule has 0 aliphatic heterocycles. The third kappa shape index (κ3) is 5.33. The number of amides is 1. The maximum absolute atomic E-state index is 15.5. The van der Waals surface area contributed by atoms with Gasteiger partial charge in [0.2, 0.25) is 5.88 Å². The molecule has 4 aromatic rings. The first kappa shape index (κ1) is 27.4. The van der Waals surface area contributed by atoms with Crippen LogP contribution in [0.15, 0.2) is 41.4 Å². The lowest BCUT2D eigenvalue weighted by Crippen LogP contribution is -2.25. The van der Waals surface area contributed by atoms with E-state index in [1.165, 1.54) is 6.07 Å². The fourth-order valence-corrected chi connectivity index (χ4v) is 4.89. The second kappa shape index (κ2) is 11.0. The van der Waals surface area contributed by atoms with Crippen LogP contribution >= 0.6 is 0 Å². The van der Waals surface area contributed by atoms with Crippen molar-refractivity contribution in [3.8, 4) is 23.1 Å². The van der Waals surface area contributed by atoms with E-state index in [2.05, 4.69) is 20.5 Å². The van der Waals surface area contributed by atoms with Crippen LogP contribution in [0.3, 0.4) is 0 Å². The van der Waals surface area contributed by atoms with E-state index in [9.17, 15) is 17.6 Å². The molecule has 2 aromatic carbocycles. The molecule has 0 aliphatic rings. The number of nitrogens with zero attached hydrogens (tertiary/aromatic N) is 3. The van der Waals surface area contributed by atoms with Gasteiger partial charge in [-0.05, 0) is 24.6 Å². The number of anilines is 1. The number of benzene rings is 2. The average molecular weight is 561 g/mol. The third-order valence-corrected chi connectivity index (χ3v) is 6.87. The maximum atomic E-state index is 15.5. The fraction of sp³-hybridized carbons (Fsp3) is 0.167. The van der Waals surface area contributed by atoms with Crippen molar-refractivity contribution in [1.82, 2.24) is 20.5 Å². The molecule has 0 radical (unpaired) electrons. The predicted molar refractivity (Wildman–Crippen MR) is 132 cm³/mol. The summed E-state index contributed by atoms with van der Waals surface area (Å²) in [4.78, 5) is 15.5. The van der Waals surface area contributed by atoms with E-state index in [4.69, 9.17) is 15.1 Å². The lowest BCUT2D eigenvalue weighted by atomic mass is 10.0. The molecule has 4 rings (SSSR count). The topological polar surface area (TPSA) is 170 Å². The number of nitrogens with one attached hydrogen (secondary N) is 3. The second-order valence-corrected chi connectivity index (χ2v) is 9.67. The molecule has 0 aliphatic carbocycles. The molecular formula is C24H19F3N6O5S. The molecule has 15 heteroatoms. The minimum atomic E-state index is -4.65. The van der Waals surface area contributed by atoms with Gasteiger partial charge in [0.1, 0.15) is 17.4 Å². The minimum Gasteiger partial charge on any atom is -0.480 e. The zero-order valence-electron chi connectivity index (χ0n) is 20.0. The molecule has 0 atom stereocenters. The number of aliphatic hydroxyl groups is 1. The average Bonchev–Trinajstić information content (AvgIpc) is 3.35. The number of hydrogen-bond acceptors (Lipinski definition) is 8. The van der Waals surface area contributed by atoms with Gasteiger partial charge in [0, 0.05) is 41.9 Å². The van der Waals surface area contributed by atoms with E-state index in [0.717, 1.165) is 25.4 Å². The van der Waals surface area contributed by atoms with Crippen molar-refractivity contribution in [1.29, 1.82) is 5.26 Å². The highest BCUT2D eigenvalue weighted by Gasteiger charge is 2.26. The third-order valence-electron chi connectivity index (χ3n) is 5.51. The van der Waals surface area contributed by atoms with E-state index in [0.29, 0.717) is 18.6 Å². The number of aliphatic hydroxyl groups excluding tert-OH is 1. The highest BCUT2D eigenvalue weighted by Crippen LogP contribution is 2.35. The number of hydrogen-bond donors (Lipinski definition) is 4. The number of methoxy groups -OCH3 is 1. The van der Waals surface area contributed by atoms with Gasteiger partial charge in [0.25, 0.3) is 15.9 Å². The zero-order valence-corrected chi connectivity index (χ0v) is 20.9. The molecular weight excluding hydrogens is 541 g/mol. The van der Waals surface area contributed by atoms with Crippen LogP contribution < -0.4 is 14.8 Å². The van der Waals surface area contributed by atoms with Crippen molar-refractivity contribution in [2.75, 3.05) is 25.0 Å². The normalized spacial score (nSPS) is 11.3. The van der Waals surface area contributed by atoms with Gasteiger partial charge in [-0.3, -0.25) is 14.6 Å². The first-order valence-corrected chi connectivity index (χ1v) is 12.6.